The molecule has 6 nitrogen and oxygen atoms in total. The van der Waals surface area contributed by atoms with Crippen molar-refractivity contribution in [2.45, 2.75) is 65.1 Å². The summed E-state index contributed by atoms with van der Waals surface area (Å²) in [5.74, 6) is 2.28. The Morgan fingerprint density at radius 1 is 1.39 bits per heavy atom. The fraction of sp³-hybridized carbons (Fsp3) is 0.619. The number of ether oxygens (including phenoxy) is 1. The number of nitrogens with one attached hydrogen (secondary N) is 2. The number of hydrazine groups is 1. The molecule has 2 rings (SSSR count). The molecule has 0 aromatic heterocycles. The average Bonchev–Trinajstić information content (AvgIpc) is 2.88. The zero-order chi connectivity index (χ0) is 20.9. The predicted octanol–water partition coefficient (Wildman–Crippen LogP) is 2.43. The lowest BCUT2D eigenvalue weighted by molar-refractivity contribution is -0.131. The van der Waals surface area contributed by atoms with E-state index >= 15 is 0 Å². The number of amides is 1. The fourth-order valence-electron chi connectivity index (χ4n) is 3.80. The van der Waals surface area contributed by atoms with E-state index in [-0.39, 0.29) is 30.2 Å². The van der Waals surface area contributed by atoms with Gasteiger partial charge in [0.25, 0.3) is 5.91 Å². The van der Waals surface area contributed by atoms with Gasteiger partial charge in [-0.25, -0.2) is 10.3 Å². The number of hydrogen-bond donors (Lipinski definition) is 2. The summed E-state index contributed by atoms with van der Waals surface area (Å²) in [5, 5.41) is 14.4. The Morgan fingerprint density at radius 2 is 2.04 bits per heavy atom. The van der Waals surface area contributed by atoms with Crippen molar-refractivity contribution in [3.63, 3.8) is 0 Å². The molecule has 1 aromatic rings. The first-order valence-corrected chi connectivity index (χ1v) is 9.91. The van der Waals surface area contributed by atoms with Gasteiger partial charge >= 0.3 is 6.71 Å². The molecule has 1 amide bonds. The standard InChI is InChI=1S/C21H33BN4O2/c1-20(2,3)18(24-6)19(27)25-26(13-16-10-8-7-9-11-16)14-17-12-22(15-23)21(4,5)28-17/h7-11,17-18,24H,12-14H2,1-6H3,(H,25,27). The zero-order valence-electron chi connectivity index (χ0n) is 18.0. The van der Waals surface area contributed by atoms with Gasteiger partial charge < -0.3 is 10.1 Å². The summed E-state index contributed by atoms with van der Waals surface area (Å²) >= 11 is 0. The van der Waals surface area contributed by atoms with Crippen LogP contribution in [0.3, 0.4) is 0 Å². The maximum Gasteiger partial charge on any atom is 0.304 e. The number of carbonyl (C=O) groups is 1. The molecule has 1 fully saturated rings. The molecule has 1 heterocycles. The number of likely N-dealkylation sites (N-methyl/N-ethyl adjacent to an activating group) is 1. The third-order valence-corrected chi connectivity index (χ3v) is 5.29. The van der Waals surface area contributed by atoms with Crippen LogP contribution in [0.2, 0.25) is 6.32 Å². The molecular formula is C21H33BN4O2. The summed E-state index contributed by atoms with van der Waals surface area (Å²) in [7, 11) is 1.80. The molecule has 0 spiro atoms. The third-order valence-electron chi connectivity index (χ3n) is 5.29. The van der Waals surface area contributed by atoms with Crippen LogP contribution in [-0.2, 0) is 16.1 Å². The van der Waals surface area contributed by atoms with Gasteiger partial charge in [0, 0.05) is 19.1 Å². The first kappa shape index (κ1) is 22.4. The van der Waals surface area contributed by atoms with E-state index in [0.717, 1.165) is 5.56 Å². The predicted molar refractivity (Wildman–Crippen MR) is 112 cm³/mol. The molecule has 2 atom stereocenters. The first-order chi connectivity index (χ1) is 13.1. The Morgan fingerprint density at radius 3 is 2.54 bits per heavy atom. The van der Waals surface area contributed by atoms with Gasteiger partial charge in [-0.05, 0) is 38.2 Å². The van der Waals surface area contributed by atoms with E-state index < -0.39 is 5.50 Å². The zero-order valence-corrected chi connectivity index (χ0v) is 18.0. The number of benzene rings is 1. The SMILES string of the molecule is CNC(C(=O)NN(Cc1ccccc1)CC1CB(C#N)C(C)(C)O1)C(C)(C)C. The maximum absolute atomic E-state index is 12.9. The van der Waals surface area contributed by atoms with E-state index in [4.69, 9.17) is 4.74 Å². The van der Waals surface area contributed by atoms with Crippen molar-refractivity contribution in [3.05, 3.63) is 35.9 Å². The molecule has 0 saturated carbocycles. The minimum atomic E-state index is -0.471. The van der Waals surface area contributed by atoms with Crippen molar-refractivity contribution in [1.82, 2.24) is 15.8 Å². The second-order valence-corrected chi connectivity index (χ2v) is 9.19. The third kappa shape index (κ3) is 5.81. The smallest absolute Gasteiger partial charge is 0.304 e. The highest BCUT2D eigenvalue weighted by molar-refractivity contribution is 6.70. The van der Waals surface area contributed by atoms with E-state index in [2.05, 4.69) is 16.7 Å². The van der Waals surface area contributed by atoms with Crippen LogP contribution in [-0.4, -0.2) is 48.9 Å². The van der Waals surface area contributed by atoms with Crippen LogP contribution in [0.5, 0.6) is 0 Å². The lowest BCUT2D eigenvalue weighted by atomic mass is 9.40. The van der Waals surface area contributed by atoms with Crippen LogP contribution in [0.4, 0.5) is 0 Å². The van der Waals surface area contributed by atoms with Crippen LogP contribution in [0.15, 0.2) is 30.3 Å². The minimum Gasteiger partial charge on any atom is -0.378 e. The number of nitriles is 1. The van der Waals surface area contributed by atoms with Crippen LogP contribution in [0.25, 0.3) is 0 Å². The van der Waals surface area contributed by atoms with E-state index in [1.807, 2.05) is 70.0 Å². The van der Waals surface area contributed by atoms with E-state index in [0.29, 0.717) is 19.4 Å². The van der Waals surface area contributed by atoms with Crippen molar-refractivity contribution in [3.8, 4) is 5.97 Å². The Kier molecular flexibility index (Phi) is 7.27. The highest BCUT2D eigenvalue weighted by Gasteiger charge is 2.46. The van der Waals surface area contributed by atoms with Crippen molar-refractivity contribution >= 4 is 12.6 Å². The molecule has 7 heteroatoms. The van der Waals surface area contributed by atoms with E-state index in [1.54, 1.807) is 7.05 Å². The molecule has 1 aliphatic heterocycles. The monoisotopic (exact) mass is 384 g/mol. The molecule has 152 valence electrons. The molecule has 1 saturated heterocycles. The molecule has 1 aliphatic rings. The molecule has 0 bridgehead atoms. The normalized spacial score (nSPS) is 20.1. The second kappa shape index (κ2) is 9.08. The number of nitrogens with zero attached hydrogens (tertiary/aromatic N) is 2. The average molecular weight is 384 g/mol. The molecule has 2 N–H and O–H groups in total. The largest absolute Gasteiger partial charge is 0.378 e. The molecular weight excluding hydrogens is 351 g/mol. The second-order valence-electron chi connectivity index (χ2n) is 9.19. The molecule has 0 radical (unpaired) electrons. The van der Waals surface area contributed by atoms with Crippen molar-refractivity contribution in [1.29, 1.82) is 5.26 Å². The quantitative estimate of drug-likeness (QED) is 0.558. The summed E-state index contributed by atoms with van der Waals surface area (Å²) in [6, 6.07) is 9.71. The Labute approximate surface area is 169 Å². The number of hydrogen-bond acceptors (Lipinski definition) is 5. The van der Waals surface area contributed by atoms with E-state index in [9.17, 15) is 10.1 Å². The summed E-state index contributed by atoms with van der Waals surface area (Å²) in [6.45, 7) is 11.0. The number of rotatable bonds is 7. The van der Waals surface area contributed by atoms with Crippen LogP contribution in [0, 0.1) is 16.6 Å². The van der Waals surface area contributed by atoms with Gasteiger partial charge in [0.2, 0.25) is 0 Å². The Bertz CT molecular complexity index is 697. The first-order valence-electron chi connectivity index (χ1n) is 9.91. The summed E-state index contributed by atoms with van der Waals surface area (Å²) in [6.07, 6.45) is 0.561. The van der Waals surface area contributed by atoms with Crippen molar-refractivity contribution in [2.75, 3.05) is 13.6 Å². The van der Waals surface area contributed by atoms with Crippen molar-refractivity contribution in [2.24, 2.45) is 5.41 Å². The van der Waals surface area contributed by atoms with Gasteiger partial charge in [0.15, 0.2) is 0 Å². The lowest BCUT2D eigenvalue weighted by Crippen LogP contribution is -2.56. The van der Waals surface area contributed by atoms with Gasteiger partial charge in [-0.2, -0.15) is 0 Å². The van der Waals surface area contributed by atoms with Crippen LogP contribution >= 0.6 is 0 Å². The fourth-order valence-corrected chi connectivity index (χ4v) is 3.80. The molecule has 28 heavy (non-hydrogen) atoms. The molecule has 1 aromatic carbocycles. The highest BCUT2D eigenvalue weighted by atomic mass is 16.5. The Hall–Kier alpha value is -1.88. The summed E-state index contributed by atoms with van der Waals surface area (Å²) in [5.41, 5.74) is 3.50. The highest BCUT2D eigenvalue weighted by Crippen LogP contribution is 2.30. The topological polar surface area (TPSA) is 77.4 Å². The van der Waals surface area contributed by atoms with E-state index in [1.165, 1.54) is 0 Å². The minimum absolute atomic E-state index is 0.0694. The summed E-state index contributed by atoms with van der Waals surface area (Å²) in [4.78, 5) is 12.9. The lowest BCUT2D eigenvalue weighted by Gasteiger charge is -2.33. The van der Waals surface area contributed by atoms with Crippen LogP contribution < -0.4 is 10.7 Å². The summed E-state index contributed by atoms with van der Waals surface area (Å²) < 4.78 is 6.13. The van der Waals surface area contributed by atoms with Gasteiger partial charge in [-0.3, -0.25) is 10.2 Å². The Balaban J connectivity index is 2.14. The van der Waals surface area contributed by atoms with Gasteiger partial charge in [-0.15, -0.1) is 0 Å². The van der Waals surface area contributed by atoms with Gasteiger partial charge in [0.1, 0.15) is 0 Å². The number of carbonyl (C=O) groups excluding carboxylic acids is 1. The van der Waals surface area contributed by atoms with Gasteiger partial charge in [0.05, 0.1) is 17.6 Å². The molecule has 0 aliphatic carbocycles. The molecule has 2 unspecified atom stereocenters. The maximum atomic E-state index is 12.9. The van der Waals surface area contributed by atoms with Gasteiger partial charge in [-0.1, -0.05) is 51.1 Å². The van der Waals surface area contributed by atoms with Crippen LogP contribution in [0.1, 0.15) is 40.2 Å². The van der Waals surface area contributed by atoms with Crippen molar-refractivity contribution < 1.29 is 9.53 Å².